The van der Waals surface area contributed by atoms with Crippen molar-refractivity contribution in [3.05, 3.63) is 77.2 Å². The highest BCUT2D eigenvalue weighted by molar-refractivity contribution is 5.90. The minimum absolute atomic E-state index is 0. The number of benzene rings is 1. The Balaban J connectivity index is 0.00000256. The van der Waals surface area contributed by atoms with Gasteiger partial charge in [-0.15, -0.1) is 12.4 Å². The standard InChI is InChI=1S/C23H25N5O.ClH/c1-26(2)15-8-9-17-28-21(29)14-13-19(24-28)22-20-12-6-7-16-27(20)25-23(22)18-10-4-3-5-11-18;/h3-7,10-14,16H,8-9,15,17H2,1-2H3;1H. The van der Waals surface area contributed by atoms with E-state index in [-0.39, 0.29) is 18.0 Å². The number of hydrogen-bond acceptors (Lipinski definition) is 4. The third-order valence-corrected chi connectivity index (χ3v) is 4.94. The Labute approximate surface area is 182 Å². The number of unbranched alkanes of at least 4 members (excludes halogenated alkanes) is 1. The van der Waals surface area contributed by atoms with E-state index in [4.69, 9.17) is 10.2 Å². The van der Waals surface area contributed by atoms with Crippen molar-refractivity contribution in [3.8, 4) is 22.5 Å². The number of hydrogen-bond donors (Lipinski definition) is 0. The van der Waals surface area contributed by atoms with Crippen molar-refractivity contribution in [2.75, 3.05) is 20.6 Å². The summed E-state index contributed by atoms with van der Waals surface area (Å²) in [5.74, 6) is 0. The number of aryl methyl sites for hydroxylation is 1. The van der Waals surface area contributed by atoms with Gasteiger partial charge in [-0.1, -0.05) is 36.4 Å². The topological polar surface area (TPSA) is 55.4 Å². The van der Waals surface area contributed by atoms with Crippen LogP contribution in [0.3, 0.4) is 0 Å². The second-order valence-corrected chi connectivity index (χ2v) is 7.41. The van der Waals surface area contributed by atoms with Gasteiger partial charge in [0.05, 0.1) is 16.8 Å². The maximum absolute atomic E-state index is 12.4. The van der Waals surface area contributed by atoms with Gasteiger partial charge in [0.2, 0.25) is 0 Å². The van der Waals surface area contributed by atoms with Crippen LogP contribution in [0, 0.1) is 0 Å². The van der Waals surface area contributed by atoms with Crippen molar-refractivity contribution < 1.29 is 0 Å². The molecule has 0 atom stereocenters. The number of rotatable bonds is 7. The van der Waals surface area contributed by atoms with Crippen LogP contribution in [0.1, 0.15) is 12.8 Å². The van der Waals surface area contributed by atoms with Crippen LogP contribution in [-0.2, 0) is 6.54 Å². The number of nitrogens with zero attached hydrogens (tertiary/aromatic N) is 5. The monoisotopic (exact) mass is 423 g/mol. The van der Waals surface area contributed by atoms with Gasteiger partial charge in [0.1, 0.15) is 5.69 Å². The lowest BCUT2D eigenvalue weighted by Gasteiger charge is -2.10. The summed E-state index contributed by atoms with van der Waals surface area (Å²) in [6, 6.07) is 19.5. The summed E-state index contributed by atoms with van der Waals surface area (Å²) in [5.41, 5.74) is 4.49. The van der Waals surface area contributed by atoms with E-state index >= 15 is 0 Å². The molecule has 0 N–H and O–H groups in total. The third kappa shape index (κ3) is 4.61. The predicted octanol–water partition coefficient (Wildman–Crippen LogP) is 3.99. The lowest BCUT2D eigenvalue weighted by atomic mass is 10.0. The average Bonchev–Trinajstić information content (AvgIpc) is 3.12. The second-order valence-electron chi connectivity index (χ2n) is 7.41. The molecule has 4 rings (SSSR count). The molecule has 1 aromatic carbocycles. The first-order chi connectivity index (χ1) is 14.1. The Bertz CT molecular complexity index is 1170. The van der Waals surface area contributed by atoms with Crippen molar-refractivity contribution in [2.45, 2.75) is 19.4 Å². The molecular weight excluding hydrogens is 398 g/mol. The van der Waals surface area contributed by atoms with Crippen LogP contribution in [0.25, 0.3) is 28.0 Å². The molecule has 0 radical (unpaired) electrons. The fraction of sp³-hybridized carbons (Fsp3) is 0.261. The van der Waals surface area contributed by atoms with Gasteiger partial charge in [-0.25, -0.2) is 9.20 Å². The Hall–Kier alpha value is -2.96. The van der Waals surface area contributed by atoms with Crippen molar-refractivity contribution in [2.24, 2.45) is 0 Å². The van der Waals surface area contributed by atoms with Crippen molar-refractivity contribution >= 4 is 17.9 Å². The predicted molar refractivity (Wildman–Crippen MR) is 123 cm³/mol. The van der Waals surface area contributed by atoms with Crippen LogP contribution >= 0.6 is 12.4 Å². The summed E-state index contributed by atoms with van der Waals surface area (Å²) in [4.78, 5) is 14.5. The van der Waals surface area contributed by atoms with E-state index in [1.165, 1.54) is 0 Å². The van der Waals surface area contributed by atoms with E-state index in [2.05, 4.69) is 19.0 Å². The van der Waals surface area contributed by atoms with Crippen molar-refractivity contribution in [3.63, 3.8) is 0 Å². The number of aromatic nitrogens is 4. The molecule has 30 heavy (non-hydrogen) atoms. The normalized spacial score (nSPS) is 11.0. The lowest BCUT2D eigenvalue weighted by Crippen LogP contribution is -2.23. The lowest BCUT2D eigenvalue weighted by molar-refractivity contribution is 0.383. The molecule has 0 fully saturated rings. The quantitative estimate of drug-likeness (QED) is 0.422. The van der Waals surface area contributed by atoms with Gasteiger partial charge in [-0.3, -0.25) is 4.79 Å². The third-order valence-electron chi connectivity index (χ3n) is 4.94. The van der Waals surface area contributed by atoms with Gasteiger partial charge in [0.25, 0.3) is 5.56 Å². The molecule has 0 saturated carbocycles. The molecule has 0 aliphatic rings. The maximum atomic E-state index is 12.4. The zero-order valence-electron chi connectivity index (χ0n) is 17.2. The van der Waals surface area contributed by atoms with Crippen molar-refractivity contribution in [1.29, 1.82) is 0 Å². The minimum atomic E-state index is -0.0728. The highest BCUT2D eigenvalue weighted by Crippen LogP contribution is 2.33. The summed E-state index contributed by atoms with van der Waals surface area (Å²) in [5, 5.41) is 9.49. The van der Waals surface area contributed by atoms with Crippen LogP contribution in [0.5, 0.6) is 0 Å². The van der Waals surface area contributed by atoms with Gasteiger partial charge in [0, 0.05) is 24.4 Å². The van der Waals surface area contributed by atoms with Crippen LogP contribution in [0.2, 0.25) is 0 Å². The molecule has 0 aliphatic heterocycles. The first-order valence-electron chi connectivity index (χ1n) is 9.89. The van der Waals surface area contributed by atoms with Gasteiger partial charge in [-0.05, 0) is 51.7 Å². The summed E-state index contributed by atoms with van der Waals surface area (Å²) >= 11 is 0. The van der Waals surface area contributed by atoms with Gasteiger partial charge in [0.15, 0.2) is 0 Å². The molecule has 0 aliphatic carbocycles. The van der Waals surface area contributed by atoms with E-state index in [0.717, 1.165) is 47.4 Å². The Morgan fingerprint density at radius 1 is 0.900 bits per heavy atom. The zero-order chi connectivity index (χ0) is 20.2. The fourth-order valence-electron chi connectivity index (χ4n) is 3.48. The van der Waals surface area contributed by atoms with Crippen LogP contribution in [0.15, 0.2) is 71.7 Å². The molecule has 3 aromatic heterocycles. The highest BCUT2D eigenvalue weighted by Gasteiger charge is 2.18. The molecule has 4 aromatic rings. The molecule has 0 spiro atoms. The average molecular weight is 424 g/mol. The van der Waals surface area contributed by atoms with Gasteiger partial charge >= 0.3 is 0 Å². The van der Waals surface area contributed by atoms with E-state index in [0.29, 0.717) is 6.54 Å². The van der Waals surface area contributed by atoms with Gasteiger partial charge in [-0.2, -0.15) is 10.2 Å². The van der Waals surface area contributed by atoms with Crippen LogP contribution in [0.4, 0.5) is 0 Å². The first-order valence-corrected chi connectivity index (χ1v) is 9.89. The molecule has 156 valence electrons. The first kappa shape index (κ1) is 21.7. The molecule has 7 heteroatoms. The number of pyridine rings is 1. The van der Waals surface area contributed by atoms with E-state index in [1.54, 1.807) is 16.8 Å². The molecule has 6 nitrogen and oxygen atoms in total. The molecule has 0 saturated heterocycles. The largest absolute Gasteiger partial charge is 0.309 e. The fourth-order valence-corrected chi connectivity index (χ4v) is 3.48. The van der Waals surface area contributed by atoms with Crippen molar-refractivity contribution in [1.82, 2.24) is 24.3 Å². The summed E-state index contributed by atoms with van der Waals surface area (Å²) < 4.78 is 3.44. The molecule has 0 unspecified atom stereocenters. The minimum Gasteiger partial charge on any atom is -0.309 e. The number of fused-ring (bicyclic) bond motifs is 1. The summed E-state index contributed by atoms with van der Waals surface area (Å²) in [6.45, 7) is 1.61. The Kier molecular flexibility index (Phi) is 7.03. The Morgan fingerprint density at radius 2 is 1.67 bits per heavy atom. The number of halogens is 1. The van der Waals surface area contributed by atoms with E-state index < -0.39 is 0 Å². The smallest absolute Gasteiger partial charge is 0.266 e. The maximum Gasteiger partial charge on any atom is 0.266 e. The molecular formula is C23H26ClN5O. The van der Waals surface area contributed by atoms with E-state index in [9.17, 15) is 4.79 Å². The SMILES string of the molecule is CN(C)CCCCn1nc(-c2c(-c3ccccc3)nn3ccccc23)ccc1=O.Cl. The van der Waals surface area contributed by atoms with Crippen LogP contribution in [-0.4, -0.2) is 44.9 Å². The van der Waals surface area contributed by atoms with Crippen LogP contribution < -0.4 is 5.56 Å². The summed E-state index contributed by atoms with van der Waals surface area (Å²) in [6.07, 6.45) is 3.87. The molecule has 0 bridgehead atoms. The van der Waals surface area contributed by atoms with E-state index in [1.807, 2.05) is 59.2 Å². The van der Waals surface area contributed by atoms with Gasteiger partial charge < -0.3 is 4.90 Å². The molecule has 3 heterocycles. The summed E-state index contributed by atoms with van der Waals surface area (Å²) in [7, 11) is 4.11. The zero-order valence-corrected chi connectivity index (χ0v) is 18.0. The Morgan fingerprint density at radius 3 is 2.43 bits per heavy atom. The highest BCUT2D eigenvalue weighted by atomic mass is 35.5. The second kappa shape index (κ2) is 9.69. The molecule has 0 amide bonds.